The van der Waals surface area contributed by atoms with Gasteiger partial charge < -0.3 is 5.32 Å². The van der Waals surface area contributed by atoms with E-state index in [0.29, 0.717) is 27.6 Å². The van der Waals surface area contributed by atoms with Gasteiger partial charge in [-0.2, -0.15) is 23.4 Å². The lowest BCUT2D eigenvalue weighted by atomic mass is 9.84. The molecule has 3 aromatic heterocycles. The molecule has 2 aliphatic carbocycles. The number of fused-ring (bicyclic) bond motifs is 3. The van der Waals surface area contributed by atoms with E-state index in [1.807, 2.05) is 6.92 Å². The molecule has 1 N–H and O–H groups in total. The van der Waals surface area contributed by atoms with Crippen LogP contribution >= 0.6 is 0 Å². The van der Waals surface area contributed by atoms with E-state index in [9.17, 15) is 18.0 Å². The first-order valence-electron chi connectivity index (χ1n) is 10.9. The highest BCUT2D eigenvalue weighted by molar-refractivity contribution is 6.00. The van der Waals surface area contributed by atoms with Crippen molar-refractivity contribution >= 4 is 11.6 Å². The maximum atomic E-state index is 13.8. The number of hydrogen-bond acceptors (Lipinski definition) is 4. The highest BCUT2D eigenvalue weighted by Crippen LogP contribution is 2.49. The Morgan fingerprint density at radius 1 is 1.28 bits per heavy atom. The topological polar surface area (TPSA) is 77.1 Å². The van der Waals surface area contributed by atoms with Crippen LogP contribution in [0.2, 0.25) is 0 Å². The standard InChI is InChI=1S/C22H25F3N6O/c1-11(15-7-13-4-5-14(15)6-13)27-21(32)16-9-26-31-19(22(23,24)25)8-18(28-20(16)31)17-10-30(3)29-12(17)2/h8-11,13-15H,4-7H2,1-3H3,(H,27,32)/t11-,13-,14-,15-/m0/s1. The van der Waals surface area contributed by atoms with E-state index < -0.39 is 17.8 Å². The monoisotopic (exact) mass is 446 g/mol. The fraction of sp³-hybridized carbons (Fsp3) is 0.545. The summed E-state index contributed by atoms with van der Waals surface area (Å²) in [6.45, 7) is 3.68. The zero-order chi connectivity index (χ0) is 22.8. The maximum Gasteiger partial charge on any atom is 0.433 e. The first kappa shape index (κ1) is 21.0. The summed E-state index contributed by atoms with van der Waals surface area (Å²) in [6.07, 6.45) is 2.88. The first-order chi connectivity index (χ1) is 15.1. The molecule has 0 radical (unpaired) electrons. The van der Waals surface area contributed by atoms with Crippen LogP contribution < -0.4 is 5.32 Å². The van der Waals surface area contributed by atoms with E-state index in [-0.39, 0.29) is 22.9 Å². The quantitative estimate of drug-likeness (QED) is 0.657. The number of carbonyl (C=O) groups excluding carboxylic acids is 1. The summed E-state index contributed by atoms with van der Waals surface area (Å²) in [5.41, 5.74) is 0.0630. The van der Waals surface area contributed by atoms with E-state index in [4.69, 9.17) is 0 Å². The molecular weight excluding hydrogens is 421 g/mol. The fourth-order valence-corrected chi connectivity index (χ4v) is 5.61. The molecule has 0 aromatic carbocycles. The van der Waals surface area contributed by atoms with Crippen molar-refractivity contribution in [3.05, 3.63) is 35.4 Å². The summed E-state index contributed by atoms with van der Waals surface area (Å²) in [5, 5.41) is 11.1. The van der Waals surface area contributed by atoms with Crippen LogP contribution in [0.3, 0.4) is 0 Å². The largest absolute Gasteiger partial charge is 0.433 e. The Kier molecular flexibility index (Phi) is 4.79. The number of amides is 1. The van der Waals surface area contributed by atoms with Gasteiger partial charge in [-0.25, -0.2) is 9.50 Å². The van der Waals surface area contributed by atoms with E-state index in [2.05, 4.69) is 20.5 Å². The van der Waals surface area contributed by atoms with E-state index in [0.717, 1.165) is 18.4 Å². The van der Waals surface area contributed by atoms with E-state index in [1.54, 1.807) is 20.2 Å². The average molecular weight is 446 g/mol. The minimum atomic E-state index is -4.66. The van der Waals surface area contributed by atoms with Gasteiger partial charge >= 0.3 is 6.18 Å². The molecule has 0 spiro atoms. The Bertz CT molecular complexity index is 1200. The van der Waals surface area contributed by atoms with Gasteiger partial charge in [-0.15, -0.1) is 0 Å². The molecule has 5 rings (SSSR count). The van der Waals surface area contributed by atoms with Crippen molar-refractivity contribution in [1.29, 1.82) is 0 Å². The van der Waals surface area contributed by atoms with Crippen molar-refractivity contribution in [1.82, 2.24) is 29.7 Å². The summed E-state index contributed by atoms with van der Waals surface area (Å²) in [4.78, 5) is 17.5. The fourth-order valence-electron chi connectivity index (χ4n) is 5.61. The lowest BCUT2D eigenvalue weighted by Gasteiger charge is -2.28. The minimum absolute atomic E-state index is 0.0360. The Morgan fingerprint density at radius 3 is 2.66 bits per heavy atom. The number of halogens is 3. The number of aromatic nitrogens is 5. The first-order valence-corrected chi connectivity index (χ1v) is 10.9. The molecule has 170 valence electrons. The number of nitrogens with one attached hydrogen (secondary N) is 1. The Hall–Kier alpha value is -2.91. The molecule has 7 nitrogen and oxygen atoms in total. The van der Waals surface area contributed by atoms with Crippen LogP contribution in [0.25, 0.3) is 16.9 Å². The molecule has 32 heavy (non-hydrogen) atoms. The summed E-state index contributed by atoms with van der Waals surface area (Å²) in [6, 6.07) is 0.891. The second kappa shape index (κ2) is 7.31. The third-order valence-electron chi connectivity index (χ3n) is 7.09. The van der Waals surface area contributed by atoms with Crippen LogP contribution in [-0.2, 0) is 13.2 Å². The zero-order valence-corrected chi connectivity index (χ0v) is 18.1. The molecule has 0 unspecified atom stereocenters. The van der Waals surface area contributed by atoms with Crippen LogP contribution in [-0.4, -0.2) is 36.3 Å². The SMILES string of the molecule is Cc1nn(C)cc1-c1cc(C(F)(F)F)n2ncc(C(=O)N[C@@H](C)[C@@H]3C[C@H]4CC[C@H]3C4)c2n1. The predicted molar refractivity (Wildman–Crippen MR) is 111 cm³/mol. The number of rotatable bonds is 4. The van der Waals surface area contributed by atoms with Gasteiger partial charge in [0, 0.05) is 24.8 Å². The molecule has 3 aromatic rings. The summed E-state index contributed by atoms with van der Waals surface area (Å²) in [7, 11) is 1.69. The lowest BCUT2D eigenvalue weighted by Crippen LogP contribution is -2.40. The number of nitrogens with zero attached hydrogens (tertiary/aromatic N) is 5. The molecule has 10 heteroatoms. The molecular formula is C22H25F3N6O. The number of aryl methyl sites for hydroxylation is 2. The van der Waals surface area contributed by atoms with Gasteiger partial charge in [0.05, 0.1) is 17.6 Å². The molecule has 0 aliphatic heterocycles. The molecule has 2 fully saturated rings. The molecule has 0 saturated heterocycles. The van der Waals surface area contributed by atoms with Crippen LogP contribution in [0.5, 0.6) is 0 Å². The van der Waals surface area contributed by atoms with Crippen LogP contribution in [0.1, 0.15) is 54.4 Å². The predicted octanol–water partition coefficient (Wildman–Crippen LogP) is 4.01. The van der Waals surface area contributed by atoms with Crippen molar-refractivity contribution in [2.75, 3.05) is 0 Å². The highest BCUT2D eigenvalue weighted by atomic mass is 19.4. The molecule has 1 amide bonds. The van der Waals surface area contributed by atoms with Gasteiger partial charge in [-0.05, 0) is 56.9 Å². The lowest BCUT2D eigenvalue weighted by molar-refractivity contribution is -0.142. The van der Waals surface area contributed by atoms with Gasteiger partial charge in [-0.3, -0.25) is 9.48 Å². The van der Waals surface area contributed by atoms with Gasteiger partial charge in [-0.1, -0.05) is 6.42 Å². The average Bonchev–Trinajstić information content (AvgIpc) is 3.49. The Labute approximate surface area is 183 Å². The van der Waals surface area contributed by atoms with Crippen LogP contribution in [0.4, 0.5) is 13.2 Å². The normalized spacial score (nSPS) is 23.8. The summed E-state index contributed by atoms with van der Waals surface area (Å²) >= 11 is 0. The molecule has 4 atom stereocenters. The molecule has 2 aliphatic rings. The second-order valence-electron chi connectivity index (χ2n) is 9.22. The van der Waals surface area contributed by atoms with Gasteiger partial charge in [0.15, 0.2) is 11.3 Å². The number of carbonyl (C=O) groups is 1. The Balaban J connectivity index is 1.53. The highest BCUT2D eigenvalue weighted by Gasteiger charge is 2.42. The number of alkyl halides is 3. The molecule has 3 heterocycles. The molecule has 2 bridgehead atoms. The minimum Gasteiger partial charge on any atom is -0.349 e. The maximum absolute atomic E-state index is 13.8. The zero-order valence-electron chi connectivity index (χ0n) is 18.1. The van der Waals surface area contributed by atoms with Gasteiger partial charge in [0.25, 0.3) is 5.91 Å². The van der Waals surface area contributed by atoms with Crippen LogP contribution in [0, 0.1) is 24.7 Å². The van der Waals surface area contributed by atoms with Crippen molar-refractivity contribution in [2.45, 2.75) is 51.7 Å². The van der Waals surface area contributed by atoms with Gasteiger partial charge in [0.2, 0.25) is 0 Å². The third kappa shape index (κ3) is 3.45. The Morgan fingerprint density at radius 2 is 2.06 bits per heavy atom. The number of hydrogen-bond donors (Lipinski definition) is 1. The van der Waals surface area contributed by atoms with Crippen LogP contribution in [0.15, 0.2) is 18.5 Å². The smallest absolute Gasteiger partial charge is 0.349 e. The summed E-state index contributed by atoms with van der Waals surface area (Å²) in [5.74, 6) is 1.32. The second-order valence-corrected chi connectivity index (χ2v) is 9.22. The van der Waals surface area contributed by atoms with E-state index >= 15 is 0 Å². The van der Waals surface area contributed by atoms with E-state index in [1.165, 1.54) is 30.1 Å². The van der Waals surface area contributed by atoms with Crippen molar-refractivity contribution in [2.24, 2.45) is 24.8 Å². The van der Waals surface area contributed by atoms with Gasteiger partial charge in [0.1, 0.15) is 5.56 Å². The third-order valence-corrected chi connectivity index (χ3v) is 7.09. The molecule has 2 saturated carbocycles. The van der Waals surface area contributed by atoms with Crippen molar-refractivity contribution in [3.63, 3.8) is 0 Å². The van der Waals surface area contributed by atoms with Crippen molar-refractivity contribution < 1.29 is 18.0 Å². The van der Waals surface area contributed by atoms with Crippen molar-refractivity contribution in [3.8, 4) is 11.3 Å². The summed E-state index contributed by atoms with van der Waals surface area (Å²) < 4.78 is 43.7.